The second-order valence-corrected chi connectivity index (χ2v) is 5.30. The molecular formula is C14H12ClFOS. The van der Waals surface area contributed by atoms with Crippen molar-refractivity contribution in [2.24, 2.45) is 0 Å². The maximum Gasteiger partial charge on any atom is 0.177 e. The van der Waals surface area contributed by atoms with E-state index in [0.717, 1.165) is 22.4 Å². The van der Waals surface area contributed by atoms with Gasteiger partial charge in [0.25, 0.3) is 0 Å². The van der Waals surface area contributed by atoms with Gasteiger partial charge in [-0.25, -0.2) is 4.39 Å². The van der Waals surface area contributed by atoms with Gasteiger partial charge in [-0.2, -0.15) is 0 Å². The molecule has 1 nitrogen and oxygen atoms in total. The molecule has 4 heteroatoms. The maximum atomic E-state index is 13.0. The maximum absolute atomic E-state index is 13.0. The molecule has 0 amide bonds. The highest BCUT2D eigenvalue weighted by atomic mass is 35.5. The van der Waals surface area contributed by atoms with Crippen molar-refractivity contribution in [2.45, 2.75) is 19.8 Å². The van der Waals surface area contributed by atoms with E-state index in [1.807, 2.05) is 18.4 Å². The molecule has 1 aromatic heterocycles. The van der Waals surface area contributed by atoms with Crippen LogP contribution in [0.3, 0.4) is 0 Å². The summed E-state index contributed by atoms with van der Waals surface area (Å²) in [6, 6.07) is 6.36. The van der Waals surface area contributed by atoms with Gasteiger partial charge in [0, 0.05) is 6.42 Å². The lowest BCUT2D eigenvalue weighted by atomic mass is 10.1. The van der Waals surface area contributed by atoms with Crippen molar-refractivity contribution in [3.63, 3.8) is 0 Å². The van der Waals surface area contributed by atoms with Crippen LogP contribution < -0.4 is 0 Å². The van der Waals surface area contributed by atoms with Crippen LogP contribution in [0.1, 0.15) is 27.7 Å². The van der Waals surface area contributed by atoms with Crippen LogP contribution >= 0.6 is 22.9 Å². The molecule has 1 heterocycles. The Morgan fingerprint density at radius 1 is 1.39 bits per heavy atom. The fourth-order valence-electron chi connectivity index (χ4n) is 1.77. The second-order valence-electron chi connectivity index (χ2n) is 3.98. The first-order valence-corrected chi connectivity index (χ1v) is 6.91. The van der Waals surface area contributed by atoms with Gasteiger partial charge in [0.05, 0.1) is 9.90 Å². The van der Waals surface area contributed by atoms with Gasteiger partial charge in [-0.05, 0) is 41.1 Å². The number of hydrogen-bond acceptors (Lipinski definition) is 2. The molecular weight excluding hydrogens is 271 g/mol. The number of aryl methyl sites for hydroxylation is 1. The van der Waals surface area contributed by atoms with Crippen LogP contribution in [0.4, 0.5) is 4.39 Å². The normalized spacial score (nSPS) is 10.6. The minimum absolute atomic E-state index is 0.0576. The van der Waals surface area contributed by atoms with Crippen molar-refractivity contribution >= 4 is 28.7 Å². The van der Waals surface area contributed by atoms with Gasteiger partial charge in [-0.3, -0.25) is 4.79 Å². The lowest BCUT2D eigenvalue weighted by Gasteiger charge is -2.03. The number of carbonyl (C=O) groups is 1. The summed E-state index contributed by atoms with van der Waals surface area (Å²) in [5.74, 6) is -0.400. The summed E-state index contributed by atoms with van der Waals surface area (Å²) in [7, 11) is 0. The van der Waals surface area contributed by atoms with Crippen LogP contribution in [-0.2, 0) is 12.8 Å². The summed E-state index contributed by atoms with van der Waals surface area (Å²) in [5, 5.41) is 1.98. The number of thiophene rings is 1. The number of benzene rings is 1. The molecule has 0 saturated carbocycles. The van der Waals surface area contributed by atoms with E-state index >= 15 is 0 Å². The number of hydrogen-bond donors (Lipinski definition) is 0. The minimum Gasteiger partial charge on any atom is -0.293 e. The van der Waals surface area contributed by atoms with Crippen LogP contribution in [0.5, 0.6) is 0 Å². The summed E-state index contributed by atoms with van der Waals surface area (Å²) in [4.78, 5) is 12.9. The standard InChI is InChI=1S/C14H12ClFOS/c1-2-10-5-6-18-14(10)13(17)8-9-3-4-12(16)11(15)7-9/h3-7H,2,8H2,1H3. The molecule has 0 aliphatic rings. The van der Waals surface area contributed by atoms with E-state index in [1.165, 1.54) is 23.5 Å². The molecule has 0 atom stereocenters. The highest BCUT2D eigenvalue weighted by molar-refractivity contribution is 7.12. The largest absolute Gasteiger partial charge is 0.293 e. The Bertz CT molecular complexity index is 577. The van der Waals surface area contributed by atoms with Crippen LogP contribution in [0.25, 0.3) is 0 Å². The summed E-state index contributed by atoms with van der Waals surface area (Å²) in [6.45, 7) is 2.02. The Balaban J connectivity index is 2.19. The number of ketones is 1. The SMILES string of the molecule is CCc1ccsc1C(=O)Cc1ccc(F)c(Cl)c1. The number of halogens is 2. The van der Waals surface area contributed by atoms with Crippen molar-refractivity contribution < 1.29 is 9.18 Å². The summed E-state index contributed by atoms with van der Waals surface area (Å²) in [5.41, 5.74) is 1.81. The van der Waals surface area contributed by atoms with Crippen molar-refractivity contribution in [1.29, 1.82) is 0 Å². The average molecular weight is 283 g/mol. The molecule has 0 fully saturated rings. The van der Waals surface area contributed by atoms with E-state index in [1.54, 1.807) is 6.07 Å². The third kappa shape index (κ3) is 2.79. The zero-order chi connectivity index (χ0) is 13.1. The lowest BCUT2D eigenvalue weighted by Crippen LogP contribution is -2.04. The van der Waals surface area contributed by atoms with Crippen LogP contribution in [0, 0.1) is 5.82 Å². The van der Waals surface area contributed by atoms with Gasteiger partial charge in [0.15, 0.2) is 5.78 Å². The van der Waals surface area contributed by atoms with Crippen LogP contribution in [0.2, 0.25) is 5.02 Å². The quantitative estimate of drug-likeness (QED) is 0.753. The fraction of sp³-hybridized carbons (Fsp3) is 0.214. The second kappa shape index (κ2) is 5.63. The molecule has 0 unspecified atom stereocenters. The Labute approximate surface area is 114 Å². The molecule has 0 N–H and O–H groups in total. The molecule has 0 aliphatic carbocycles. The smallest absolute Gasteiger partial charge is 0.177 e. The van der Waals surface area contributed by atoms with E-state index in [-0.39, 0.29) is 17.2 Å². The summed E-state index contributed by atoms with van der Waals surface area (Å²) < 4.78 is 13.0. The molecule has 1 aromatic carbocycles. The van der Waals surface area contributed by atoms with E-state index in [9.17, 15) is 9.18 Å². The van der Waals surface area contributed by atoms with Crippen molar-refractivity contribution in [3.8, 4) is 0 Å². The topological polar surface area (TPSA) is 17.1 Å². The number of rotatable bonds is 4. The highest BCUT2D eigenvalue weighted by Gasteiger charge is 2.13. The van der Waals surface area contributed by atoms with Gasteiger partial charge in [-0.15, -0.1) is 11.3 Å². The molecule has 2 aromatic rings. The Kier molecular flexibility index (Phi) is 4.15. The van der Waals surface area contributed by atoms with Crippen LogP contribution in [0.15, 0.2) is 29.6 Å². The third-order valence-electron chi connectivity index (χ3n) is 2.73. The molecule has 0 saturated heterocycles. The van der Waals surface area contributed by atoms with E-state index in [4.69, 9.17) is 11.6 Å². The van der Waals surface area contributed by atoms with E-state index in [2.05, 4.69) is 0 Å². The minimum atomic E-state index is -0.460. The zero-order valence-electron chi connectivity index (χ0n) is 9.87. The fourth-order valence-corrected chi connectivity index (χ4v) is 2.91. The van der Waals surface area contributed by atoms with E-state index in [0.29, 0.717) is 0 Å². The molecule has 0 spiro atoms. The van der Waals surface area contributed by atoms with Crippen molar-refractivity contribution in [2.75, 3.05) is 0 Å². The Morgan fingerprint density at radius 3 is 2.83 bits per heavy atom. The average Bonchev–Trinajstić information content (AvgIpc) is 2.82. The van der Waals surface area contributed by atoms with Crippen molar-refractivity contribution in [1.82, 2.24) is 0 Å². The van der Waals surface area contributed by atoms with Gasteiger partial charge in [0.2, 0.25) is 0 Å². The number of Topliss-reactive ketones (excluding diaryl/α,β-unsaturated/α-hetero) is 1. The van der Waals surface area contributed by atoms with Gasteiger partial charge < -0.3 is 0 Å². The van der Waals surface area contributed by atoms with E-state index < -0.39 is 5.82 Å². The first kappa shape index (κ1) is 13.2. The Hall–Kier alpha value is -1.19. The predicted molar refractivity (Wildman–Crippen MR) is 73.1 cm³/mol. The highest BCUT2D eigenvalue weighted by Crippen LogP contribution is 2.21. The first-order chi connectivity index (χ1) is 8.61. The first-order valence-electron chi connectivity index (χ1n) is 5.65. The lowest BCUT2D eigenvalue weighted by molar-refractivity contribution is 0.0996. The molecule has 18 heavy (non-hydrogen) atoms. The number of carbonyl (C=O) groups excluding carboxylic acids is 1. The van der Waals surface area contributed by atoms with Crippen LogP contribution in [-0.4, -0.2) is 5.78 Å². The zero-order valence-corrected chi connectivity index (χ0v) is 11.4. The molecule has 0 radical (unpaired) electrons. The summed E-state index contributed by atoms with van der Waals surface area (Å²) in [6.07, 6.45) is 1.10. The molecule has 0 aliphatic heterocycles. The molecule has 2 rings (SSSR count). The van der Waals surface area contributed by atoms with Gasteiger partial charge >= 0.3 is 0 Å². The van der Waals surface area contributed by atoms with Gasteiger partial charge in [-0.1, -0.05) is 24.6 Å². The van der Waals surface area contributed by atoms with Crippen molar-refractivity contribution in [3.05, 3.63) is 56.5 Å². The Morgan fingerprint density at radius 2 is 2.17 bits per heavy atom. The predicted octanol–water partition coefficient (Wildman–Crippen LogP) is 4.53. The summed E-state index contributed by atoms with van der Waals surface area (Å²) >= 11 is 7.15. The third-order valence-corrected chi connectivity index (χ3v) is 4.02. The van der Waals surface area contributed by atoms with Gasteiger partial charge in [0.1, 0.15) is 5.82 Å². The molecule has 0 bridgehead atoms. The monoisotopic (exact) mass is 282 g/mol. The molecule has 94 valence electrons.